The number of hydrogen-bond donors (Lipinski definition) is 0. The second-order valence-corrected chi connectivity index (χ2v) is 10.4. The van der Waals surface area contributed by atoms with E-state index < -0.39 is 0 Å². The van der Waals surface area contributed by atoms with Gasteiger partial charge in [0.25, 0.3) is 0 Å². The van der Waals surface area contributed by atoms with Crippen molar-refractivity contribution >= 4 is 5.57 Å². The molecule has 0 amide bonds. The Kier molecular flexibility index (Phi) is 11.6. The molecule has 0 radical (unpaired) electrons. The second kappa shape index (κ2) is 14.4. The fraction of sp³-hybridized carbons (Fsp3) is 0.297. The molecular formula is C37H46. The van der Waals surface area contributed by atoms with Gasteiger partial charge in [0.05, 0.1) is 0 Å². The van der Waals surface area contributed by atoms with Gasteiger partial charge in [-0.25, -0.2) is 0 Å². The van der Waals surface area contributed by atoms with E-state index in [0.717, 1.165) is 6.42 Å². The van der Waals surface area contributed by atoms with Crippen LogP contribution in [0.1, 0.15) is 77.5 Å². The van der Waals surface area contributed by atoms with E-state index in [1.807, 2.05) is 6.08 Å². The Labute approximate surface area is 227 Å². The normalized spacial score (nSPS) is 15.3. The smallest absolute Gasteiger partial charge is 0.00380 e. The molecule has 1 atom stereocenters. The summed E-state index contributed by atoms with van der Waals surface area (Å²) in [6, 6.07) is 19.5. The third kappa shape index (κ3) is 8.60. The van der Waals surface area contributed by atoms with Crippen molar-refractivity contribution in [2.24, 2.45) is 5.41 Å². The predicted molar refractivity (Wildman–Crippen MR) is 167 cm³/mol. The molecule has 0 N–H and O–H groups in total. The molecule has 2 aromatic rings. The molecule has 0 heterocycles. The maximum Gasteiger partial charge on any atom is 0.00380 e. The topological polar surface area (TPSA) is 0 Å². The highest BCUT2D eigenvalue weighted by atomic mass is 14.2. The highest BCUT2D eigenvalue weighted by Crippen LogP contribution is 2.37. The summed E-state index contributed by atoms with van der Waals surface area (Å²) in [4.78, 5) is 0. The zero-order chi connectivity index (χ0) is 27.4. The first-order chi connectivity index (χ1) is 17.6. The predicted octanol–water partition coefficient (Wildman–Crippen LogP) is 11.1. The molecule has 2 rings (SSSR count). The van der Waals surface area contributed by atoms with Crippen LogP contribution in [0.25, 0.3) is 5.57 Å². The Morgan fingerprint density at radius 3 is 2.32 bits per heavy atom. The molecule has 0 saturated heterocycles. The van der Waals surface area contributed by atoms with Crippen LogP contribution < -0.4 is 0 Å². The molecule has 0 bridgehead atoms. The second-order valence-electron chi connectivity index (χ2n) is 10.4. The van der Waals surface area contributed by atoms with Crippen molar-refractivity contribution in [3.63, 3.8) is 0 Å². The Bertz CT molecular complexity index is 1220. The van der Waals surface area contributed by atoms with E-state index >= 15 is 0 Å². The molecule has 0 fully saturated rings. The van der Waals surface area contributed by atoms with E-state index in [2.05, 4.69) is 159 Å². The molecule has 1 unspecified atom stereocenters. The van der Waals surface area contributed by atoms with Gasteiger partial charge in [0.15, 0.2) is 0 Å². The van der Waals surface area contributed by atoms with Crippen molar-refractivity contribution in [3.8, 4) is 0 Å². The van der Waals surface area contributed by atoms with Crippen LogP contribution in [-0.4, -0.2) is 0 Å². The lowest BCUT2D eigenvalue weighted by Gasteiger charge is -2.25. The Morgan fingerprint density at radius 1 is 1.03 bits per heavy atom. The van der Waals surface area contributed by atoms with E-state index in [1.54, 1.807) is 0 Å². The minimum atomic E-state index is -0.133. The molecule has 0 saturated carbocycles. The zero-order valence-corrected chi connectivity index (χ0v) is 24.3. The summed E-state index contributed by atoms with van der Waals surface area (Å²) in [7, 11) is 0. The quantitative estimate of drug-likeness (QED) is 0.217. The van der Waals surface area contributed by atoms with Gasteiger partial charge in [-0.15, -0.1) is 6.58 Å². The molecule has 0 spiro atoms. The van der Waals surface area contributed by atoms with E-state index in [-0.39, 0.29) is 11.3 Å². The Hall–Kier alpha value is -3.38. The van der Waals surface area contributed by atoms with Crippen LogP contribution in [0.3, 0.4) is 0 Å². The molecule has 0 heteroatoms. The van der Waals surface area contributed by atoms with Crippen molar-refractivity contribution in [3.05, 3.63) is 149 Å². The van der Waals surface area contributed by atoms with Gasteiger partial charge in [-0.3, -0.25) is 0 Å². The van der Waals surface area contributed by atoms with Crippen molar-refractivity contribution in [2.75, 3.05) is 0 Å². The lowest BCUT2D eigenvalue weighted by atomic mass is 9.79. The van der Waals surface area contributed by atoms with Crippen LogP contribution in [-0.2, 0) is 0 Å². The maximum atomic E-state index is 4.14. The first-order valence-corrected chi connectivity index (χ1v) is 13.5. The average Bonchev–Trinajstić information content (AvgIpc) is 2.89. The number of allylic oxidation sites excluding steroid dienone is 13. The van der Waals surface area contributed by atoms with Crippen molar-refractivity contribution in [1.82, 2.24) is 0 Å². The number of benzene rings is 2. The van der Waals surface area contributed by atoms with Gasteiger partial charge in [-0.1, -0.05) is 136 Å². The third-order valence-corrected chi connectivity index (χ3v) is 7.05. The lowest BCUT2D eigenvalue weighted by molar-refractivity contribution is 0.584. The van der Waals surface area contributed by atoms with Gasteiger partial charge >= 0.3 is 0 Å². The fourth-order valence-corrected chi connectivity index (χ4v) is 4.27. The summed E-state index contributed by atoms with van der Waals surface area (Å²) >= 11 is 0. The molecule has 0 aliphatic carbocycles. The summed E-state index contributed by atoms with van der Waals surface area (Å²) in [6.07, 6.45) is 18.9. The van der Waals surface area contributed by atoms with Crippen LogP contribution in [0.2, 0.25) is 0 Å². The minimum absolute atomic E-state index is 0.133. The Morgan fingerprint density at radius 2 is 1.73 bits per heavy atom. The first kappa shape index (κ1) is 29.8. The first-order valence-electron chi connectivity index (χ1n) is 13.5. The van der Waals surface area contributed by atoms with Gasteiger partial charge in [0.1, 0.15) is 0 Å². The van der Waals surface area contributed by atoms with Gasteiger partial charge in [-0.2, -0.15) is 0 Å². The summed E-state index contributed by atoms with van der Waals surface area (Å²) in [5.74, 6) is 0.281. The average molecular weight is 491 g/mol. The number of hydrogen-bond acceptors (Lipinski definition) is 0. The molecule has 0 aliphatic heterocycles. The SMILES string of the molecule is C=CC(C)(C)/C(C)=C(/C=C(C(\C)=C\C=C\CC)/C(/C=C\C)=C/C(C)c1cccc(C)c1)c1ccccc1. The largest absolute Gasteiger partial charge is 0.102 e. The van der Waals surface area contributed by atoms with Gasteiger partial charge in [0, 0.05) is 5.41 Å². The van der Waals surface area contributed by atoms with Crippen molar-refractivity contribution in [2.45, 2.75) is 67.7 Å². The van der Waals surface area contributed by atoms with Gasteiger partial charge in [-0.05, 0) is 79.5 Å². The summed E-state index contributed by atoms with van der Waals surface area (Å²) in [5.41, 5.74) is 9.95. The van der Waals surface area contributed by atoms with Crippen molar-refractivity contribution < 1.29 is 0 Å². The molecule has 0 nitrogen and oxygen atoms in total. The maximum absolute atomic E-state index is 4.14. The van der Waals surface area contributed by atoms with Gasteiger partial charge in [0.2, 0.25) is 0 Å². The zero-order valence-electron chi connectivity index (χ0n) is 24.3. The van der Waals surface area contributed by atoms with Crippen molar-refractivity contribution in [1.29, 1.82) is 0 Å². The monoisotopic (exact) mass is 490 g/mol. The summed E-state index contributed by atoms with van der Waals surface area (Å²) < 4.78 is 0. The van der Waals surface area contributed by atoms with Gasteiger partial charge < -0.3 is 0 Å². The molecule has 0 aromatic heterocycles. The van der Waals surface area contributed by atoms with E-state index in [1.165, 1.54) is 44.6 Å². The summed E-state index contributed by atoms with van der Waals surface area (Å²) in [5, 5.41) is 0. The molecule has 37 heavy (non-hydrogen) atoms. The van der Waals surface area contributed by atoms with Crippen LogP contribution in [0, 0.1) is 12.3 Å². The van der Waals surface area contributed by atoms with Crippen LogP contribution in [0.15, 0.2) is 132 Å². The molecular weight excluding hydrogens is 444 g/mol. The minimum Gasteiger partial charge on any atom is -0.102 e. The fourth-order valence-electron chi connectivity index (χ4n) is 4.27. The molecule has 194 valence electrons. The molecule has 0 aliphatic rings. The van der Waals surface area contributed by atoms with Crippen LogP contribution in [0.5, 0.6) is 0 Å². The Balaban J connectivity index is 2.87. The van der Waals surface area contributed by atoms with E-state index in [4.69, 9.17) is 0 Å². The van der Waals surface area contributed by atoms with E-state index in [9.17, 15) is 0 Å². The van der Waals surface area contributed by atoms with E-state index in [0.29, 0.717) is 0 Å². The lowest BCUT2D eigenvalue weighted by Crippen LogP contribution is -2.11. The van der Waals surface area contributed by atoms with Crippen LogP contribution >= 0.6 is 0 Å². The molecule has 2 aromatic carbocycles. The van der Waals surface area contributed by atoms with Crippen LogP contribution in [0.4, 0.5) is 0 Å². The summed E-state index contributed by atoms with van der Waals surface area (Å²) in [6.45, 7) is 21.8. The highest BCUT2D eigenvalue weighted by molar-refractivity contribution is 5.80. The highest BCUT2D eigenvalue weighted by Gasteiger charge is 2.20. The standard InChI is InChI=1S/C37H46/c1-10-13-15-21-29(5)35(34(19-11-2)26-30(6)33-24-18-20-28(4)25-33)27-36(31(7)37(8,9)12-3)32-22-16-14-17-23-32/h11-27,30H,3,10H2,1-2,4-9H3/b15-13+,19-11-,29-21+,34-26+,35-27+,36-31-. The third-order valence-electron chi connectivity index (χ3n) is 7.05. The number of aryl methyl sites for hydroxylation is 1. The number of rotatable bonds is 11.